The Morgan fingerprint density at radius 2 is 1.30 bits per heavy atom. The van der Waals surface area contributed by atoms with Crippen LogP contribution in [0.2, 0.25) is 0 Å². The molecule has 2 aromatic heterocycles. The van der Waals surface area contributed by atoms with Crippen molar-refractivity contribution in [1.82, 2.24) is 40.4 Å². The summed E-state index contributed by atoms with van der Waals surface area (Å²) < 4.78 is 16.2. The number of benzene rings is 5. The zero-order valence-electron chi connectivity index (χ0n) is 40.5. The number of alkyl carbamates (subject to hydrolysis) is 2. The number of rotatable bonds is 13. The van der Waals surface area contributed by atoms with Crippen molar-refractivity contribution in [2.75, 3.05) is 34.0 Å². The summed E-state index contributed by atoms with van der Waals surface area (Å²) in [5.41, 5.74) is 6.31. The number of aromatic nitrogens is 4. The van der Waals surface area contributed by atoms with E-state index in [1.165, 1.54) is 46.3 Å². The van der Waals surface area contributed by atoms with E-state index in [-0.39, 0.29) is 41.8 Å². The Labute approximate surface area is 411 Å². The SMILES string of the molecule is COC(=O)N[C@H](C(=O)N1C2C3C([C@@H]32)[C@H]1c1nc2c(ccc3cc(-c4ccc5c(ccc6[nH]c([C@@H]7C[C@H](COCC8CCCCC8)CN7C(=O)[C@H](NC(=O)OC)c7ccccc7)nc65)c4)ccc32)[nH]1)C(C)C. The van der Waals surface area contributed by atoms with Crippen molar-refractivity contribution in [2.45, 2.75) is 82.6 Å². The summed E-state index contributed by atoms with van der Waals surface area (Å²) >= 11 is 0. The number of likely N-dealkylation sites (tertiary alicyclic amines) is 1. The Morgan fingerprint density at radius 3 is 1.93 bits per heavy atom. The molecule has 5 aromatic carbocycles. The minimum Gasteiger partial charge on any atom is -0.453 e. The van der Waals surface area contributed by atoms with Crippen molar-refractivity contribution in [3.63, 3.8) is 0 Å². The first kappa shape index (κ1) is 45.2. The molecule has 71 heavy (non-hydrogen) atoms. The number of carbonyl (C=O) groups excluding carboxylic acids is 4. The third-order valence-corrected chi connectivity index (χ3v) is 16.3. The van der Waals surface area contributed by atoms with Gasteiger partial charge in [0.25, 0.3) is 5.91 Å². The van der Waals surface area contributed by atoms with Crippen LogP contribution in [0.25, 0.3) is 54.7 Å². The van der Waals surface area contributed by atoms with Gasteiger partial charge < -0.3 is 44.6 Å². The van der Waals surface area contributed by atoms with E-state index in [0.29, 0.717) is 54.6 Å². The van der Waals surface area contributed by atoms with Crippen molar-refractivity contribution in [3.05, 3.63) is 108 Å². The standard InChI is InChI=1S/C56H60N8O7/c1-29(2)45(61-55(67)69-3)54(66)64-49-42-43(49)44(42)50(64)52-58-40-22-18-36-25-34(16-20-38(36)48(40)60-52)33-15-19-37-35(24-33)17-21-39-47(37)59-51(57-39)41-23-31(28-71-27-30-11-7-5-8-12-30)26-63(41)53(65)46(62-56(68)70-4)32-13-9-6-10-14-32/h6,9-10,13-22,24-25,29-31,41-46,49-50H,5,7-8,11-12,23,26-28H2,1-4H3,(H,57,59)(H,58,60)(H,61,67)(H,62,68)/t31-,41-,42+,43?,44?,45-,46+,49?,50-/m0/s1. The zero-order chi connectivity index (χ0) is 48.7. The maximum absolute atomic E-state index is 14.7. The van der Waals surface area contributed by atoms with Crippen molar-refractivity contribution < 1.29 is 33.4 Å². The third kappa shape index (κ3) is 8.02. The van der Waals surface area contributed by atoms with Crippen LogP contribution < -0.4 is 10.6 Å². The highest BCUT2D eigenvalue weighted by Gasteiger charge is 2.86. The lowest BCUT2D eigenvalue weighted by Crippen LogP contribution is -2.51. The quantitative estimate of drug-likeness (QED) is 0.0875. The minimum atomic E-state index is -0.942. The fourth-order valence-electron chi connectivity index (χ4n) is 12.5. The first-order chi connectivity index (χ1) is 34.6. The average molecular weight is 957 g/mol. The molecule has 15 nitrogen and oxygen atoms in total. The van der Waals surface area contributed by atoms with Crippen molar-refractivity contribution in [2.24, 2.45) is 35.5 Å². The monoisotopic (exact) mass is 956 g/mol. The van der Waals surface area contributed by atoms with Crippen LogP contribution >= 0.6 is 0 Å². The highest BCUT2D eigenvalue weighted by Crippen LogP contribution is 2.81. The maximum Gasteiger partial charge on any atom is 0.407 e. The largest absolute Gasteiger partial charge is 0.453 e. The van der Waals surface area contributed by atoms with E-state index >= 15 is 0 Å². The highest BCUT2D eigenvalue weighted by molar-refractivity contribution is 6.07. The average Bonchev–Trinajstić information content (AvgIpc) is 3.81. The molecule has 15 heteroatoms. The highest BCUT2D eigenvalue weighted by atomic mass is 16.5. The Hall–Kier alpha value is -7.00. The Morgan fingerprint density at radius 1 is 0.690 bits per heavy atom. The van der Waals surface area contributed by atoms with E-state index in [2.05, 4.69) is 81.3 Å². The molecule has 3 saturated carbocycles. The van der Waals surface area contributed by atoms with Gasteiger partial charge in [-0.2, -0.15) is 0 Å². The second-order valence-corrected chi connectivity index (χ2v) is 20.9. The predicted octanol–water partition coefficient (Wildman–Crippen LogP) is 9.50. The molecule has 3 saturated heterocycles. The maximum atomic E-state index is 14.7. The summed E-state index contributed by atoms with van der Waals surface area (Å²) in [6, 6.07) is 28.6. The number of amides is 4. The second kappa shape index (κ2) is 18.0. The normalized spacial score (nSPS) is 24.4. The minimum absolute atomic E-state index is 0.0817. The molecule has 0 spiro atoms. The molecule has 3 aliphatic carbocycles. The molecule has 366 valence electrons. The van der Waals surface area contributed by atoms with Gasteiger partial charge in [0.2, 0.25) is 5.91 Å². The molecule has 3 unspecified atom stereocenters. The number of H-pyrrole nitrogens is 2. The van der Waals surface area contributed by atoms with Gasteiger partial charge in [-0.3, -0.25) is 9.59 Å². The lowest BCUT2D eigenvalue weighted by Gasteiger charge is -2.29. The van der Waals surface area contributed by atoms with Crippen LogP contribution in [0.15, 0.2) is 91.0 Å². The number of nitrogens with zero attached hydrogens (tertiary/aromatic N) is 4. The molecule has 3 aliphatic heterocycles. The summed E-state index contributed by atoms with van der Waals surface area (Å²) in [6.45, 7) is 5.63. The molecule has 7 aromatic rings. The summed E-state index contributed by atoms with van der Waals surface area (Å²) in [5, 5.41) is 9.71. The Bertz CT molecular complexity index is 3210. The van der Waals surface area contributed by atoms with Crippen LogP contribution in [-0.2, 0) is 23.8 Å². The molecule has 4 amide bonds. The zero-order valence-corrected chi connectivity index (χ0v) is 40.5. The van der Waals surface area contributed by atoms with Crippen LogP contribution in [0.5, 0.6) is 0 Å². The Balaban J connectivity index is 0.814. The molecule has 0 radical (unpaired) electrons. The summed E-state index contributed by atoms with van der Waals surface area (Å²) in [6.07, 6.45) is 5.60. The molecular weight excluding hydrogens is 897 g/mol. The lowest BCUT2D eigenvalue weighted by molar-refractivity contribution is -0.136. The van der Waals surface area contributed by atoms with Crippen LogP contribution in [0.1, 0.15) is 87.7 Å². The van der Waals surface area contributed by atoms with Crippen molar-refractivity contribution in [1.29, 1.82) is 0 Å². The summed E-state index contributed by atoms with van der Waals surface area (Å²) in [7, 11) is 2.61. The second-order valence-electron chi connectivity index (χ2n) is 20.9. The number of nitrogens with one attached hydrogen (secondary N) is 4. The molecule has 4 N–H and O–H groups in total. The van der Waals surface area contributed by atoms with Crippen LogP contribution in [0, 0.1) is 35.5 Å². The first-order valence-corrected chi connectivity index (χ1v) is 25.4. The van der Waals surface area contributed by atoms with Gasteiger partial charge in [0, 0.05) is 35.9 Å². The molecule has 2 bridgehead atoms. The number of piperidine rings is 1. The molecule has 9 atom stereocenters. The number of fused-ring (bicyclic) bond motifs is 7. The van der Waals surface area contributed by atoms with Gasteiger partial charge in [0.05, 0.1) is 55.0 Å². The molecule has 6 aliphatic rings. The van der Waals surface area contributed by atoms with Crippen molar-refractivity contribution in [3.8, 4) is 11.1 Å². The number of ether oxygens (including phenoxy) is 3. The smallest absolute Gasteiger partial charge is 0.407 e. The first-order valence-electron chi connectivity index (χ1n) is 25.4. The summed E-state index contributed by atoms with van der Waals surface area (Å²) in [4.78, 5) is 75.1. The molecule has 5 heterocycles. The van der Waals surface area contributed by atoms with Gasteiger partial charge in [-0.1, -0.05) is 99.8 Å². The van der Waals surface area contributed by atoms with E-state index in [1.54, 1.807) is 0 Å². The van der Waals surface area contributed by atoms with Gasteiger partial charge in [-0.15, -0.1) is 0 Å². The number of carbonyl (C=O) groups is 4. The number of aromatic amines is 2. The number of methoxy groups -OCH3 is 2. The lowest BCUT2D eigenvalue weighted by atomic mass is 9.90. The summed E-state index contributed by atoms with van der Waals surface area (Å²) in [5.74, 6) is 3.16. The fourth-order valence-corrected chi connectivity index (χ4v) is 12.5. The molecular formula is C56H60N8O7. The van der Waals surface area contributed by atoms with Gasteiger partial charge in [0.1, 0.15) is 23.7 Å². The molecule has 6 fully saturated rings. The van der Waals surface area contributed by atoms with E-state index in [1.807, 2.05) is 54.0 Å². The van der Waals surface area contributed by atoms with Gasteiger partial charge in [0.15, 0.2) is 0 Å². The third-order valence-electron chi connectivity index (χ3n) is 16.3. The number of hydrogen-bond acceptors (Lipinski definition) is 9. The van der Waals surface area contributed by atoms with Gasteiger partial charge in [-0.25, -0.2) is 19.6 Å². The van der Waals surface area contributed by atoms with Crippen molar-refractivity contribution >= 4 is 67.6 Å². The number of imidazole rings is 2. The van der Waals surface area contributed by atoms with E-state index in [9.17, 15) is 19.2 Å². The van der Waals surface area contributed by atoms with Gasteiger partial charge >= 0.3 is 12.2 Å². The Kier molecular flexibility index (Phi) is 11.4. The van der Waals surface area contributed by atoms with Gasteiger partial charge in [-0.05, 0) is 101 Å². The number of hydrogen-bond donors (Lipinski definition) is 4. The van der Waals surface area contributed by atoms with Crippen LogP contribution in [0.4, 0.5) is 9.59 Å². The topological polar surface area (TPSA) is 184 Å². The van der Waals surface area contributed by atoms with Crippen LogP contribution in [-0.4, -0.2) is 99.8 Å². The van der Waals surface area contributed by atoms with E-state index in [0.717, 1.165) is 67.2 Å². The fraction of sp³-hybridized carbons (Fsp3) is 0.429. The van der Waals surface area contributed by atoms with Crippen LogP contribution in [0.3, 0.4) is 0 Å². The molecule has 13 rings (SSSR count). The predicted molar refractivity (Wildman–Crippen MR) is 269 cm³/mol. The van der Waals surface area contributed by atoms with E-state index in [4.69, 9.17) is 24.2 Å². The van der Waals surface area contributed by atoms with E-state index < -0.39 is 24.3 Å².